The molecule has 0 aliphatic carbocycles. The van der Waals surface area contributed by atoms with Crippen LogP contribution in [0.5, 0.6) is 0 Å². The number of nitrogens with zero attached hydrogens (tertiary/aromatic N) is 4. The topological polar surface area (TPSA) is 107 Å². The largest absolute Gasteiger partial charge is 0.368 e. The van der Waals surface area contributed by atoms with Gasteiger partial charge in [0.1, 0.15) is 17.8 Å². The van der Waals surface area contributed by atoms with Crippen LogP contribution in [0.1, 0.15) is 96.2 Å². The van der Waals surface area contributed by atoms with E-state index < -0.39 is 0 Å². The van der Waals surface area contributed by atoms with Crippen LogP contribution < -0.4 is 0 Å². The molecule has 5 aromatic rings. The van der Waals surface area contributed by atoms with E-state index >= 15 is 0 Å². The van der Waals surface area contributed by atoms with Crippen molar-refractivity contribution in [1.29, 1.82) is 0 Å². The smallest absolute Gasteiger partial charge is 0.254 e. The van der Waals surface area contributed by atoms with Crippen LogP contribution in [-0.2, 0) is 16.0 Å². The first-order chi connectivity index (χ1) is 23.1. The number of H-pyrrole nitrogens is 2. The van der Waals surface area contributed by atoms with E-state index in [1.54, 1.807) is 0 Å². The van der Waals surface area contributed by atoms with Crippen LogP contribution in [-0.4, -0.2) is 67.4 Å². The quantitative estimate of drug-likeness (QED) is 0.225. The summed E-state index contributed by atoms with van der Waals surface area (Å²) in [6, 6.07) is 19.8. The van der Waals surface area contributed by atoms with Crippen molar-refractivity contribution in [2.45, 2.75) is 70.1 Å². The highest BCUT2D eigenvalue weighted by molar-refractivity contribution is 5.96. The van der Waals surface area contributed by atoms with Gasteiger partial charge in [0.2, 0.25) is 0 Å². The number of benzene rings is 3. The van der Waals surface area contributed by atoms with Gasteiger partial charge in [-0.15, -0.1) is 0 Å². The number of carbonyl (C=O) groups is 2. The number of rotatable bonds is 5. The molecule has 3 aliphatic heterocycles. The fourth-order valence-electron chi connectivity index (χ4n) is 7.43. The van der Waals surface area contributed by atoms with Crippen molar-refractivity contribution >= 4 is 33.9 Å². The third kappa shape index (κ3) is 5.57. The second kappa shape index (κ2) is 12.3. The number of hydrogen-bond donors (Lipinski definition) is 2. The zero-order chi connectivity index (χ0) is 31.9. The summed E-state index contributed by atoms with van der Waals surface area (Å²) in [5.41, 5.74) is 7.15. The Hall–Kier alpha value is -4.94. The third-order valence-electron chi connectivity index (χ3n) is 9.87. The molecule has 47 heavy (non-hydrogen) atoms. The highest BCUT2D eigenvalue weighted by Gasteiger charge is 2.37. The van der Waals surface area contributed by atoms with Crippen LogP contribution in [0.25, 0.3) is 22.1 Å². The summed E-state index contributed by atoms with van der Waals surface area (Å²) in [6.45, 7) is 4.21. The highest BCUT2D eigenvalue weighted by Crippen LogP contribution is 2.35. The second-order valence-corrected chi connectivity index (χ2v) is 12.8. The van der Waals surface area contributed by atoms with Gasteiger partial charge in [0.05, 0.1) is 34.2 Å². The zero-order valence-corrected chi connectivity index (χ0v) is 26.6. The molecule has 238 valence electrons. The lowest BCUT2D eigenvalue weighted by atomic mass is 10.0. The number of imidazole rings is 2. The van der Waals surface area contributed by atoms with E-state index in [4.69, 9.17) is 14.7 Å². The number of nitrogens with one attached hydrogen (secondary N) is 2. The Kier molecular flexibility index (Phi) is 7.74. The van der Waals surface area contributed by atoms with Gasteiger partial charge in [-0.3, -0.25) is 9.59 Å². The van der Waals surface area contributed by atoms with Crippen molar-refractivity contribution in [3.05, 3.63) is 94.6 Å². The first kappa shape index (κ1) is 29.5. The molecular formula is C38H38N6O3. The minimum Gasteiger partial charge on any atom is -0.368 e. The third-order valence-corrected chi connectivity index (χ3v) is 9.87. The predicted octanol–water partition coefficient (Wildman–Crippen LogP) is 6.22. The number of amides is 2. The molecule has 5 heterocycles. The molecule has 9 heteroatoms. The molecule has 2 amide bonds. The number of aromatic nitrogens is 4. The Balaban J connectivity index is 1.000. The van der Waals surface area contributed by atoms with Crippen molar-refractivity contribution in [2.75, 3.05) is 19.7 Å². The molecule has 3 saturated heterocycles. The molecule has 2 aromatic heterocycles. The average Bonchev–Trinajstić information content (AvgIpc) is 3.94. The van der Waals surface area contributed by atoms with Crippen LogP contribution in [0.15, 0.2) is 60.7 Å². The number of aromatic amines is 2. The molecule has 2 N–H and O–H groups in total. The molecule has 0 saturated carbocycles. The Bertz CT molecular complexity index is 2040. The van der Waals surface area contributed by atoms with Gasteiger partial charge < -0.3 is 24.5 Å². The molecule has 3 fully saturated rings. The lowest BCUT2D eigenvalue weighted by Gasteiger charge is -2.25. The van der Waals surface area contributed by atoms with Gasteiger partial charge in [-0.25, -0.2) is 9.97 Å². The standard InChI is InChI=1S/C38H38N6O3/c1-2-26-8-3-4-9-27(26)37(45)43-19-5-10-32(43)35-39-28-17-15-24(22-30(28)41-35)13-14-25-16-18-29-31(23-25)42-36(40-29)33-11-6-20-44(33)38(46)34-12-7-21-47-34/h3-4,8-9,15-18,22-23,32-34H,2,5-7,10-12,19-21H2,1H3,(H,39,41)(H,40,42)/t32-,33-,34+/m0/s1. The average molecular weight is 627 g/mol. The summed E-state index contributed by atoms with van der Waals surface area (Å²) in [5.74, 6) is 8.42. The summed E-state index contributed by atoms with van der Waals surface area (Å²) < 4.78 is 5.68. The molecule has 3 atom stereocenters. The Morgan fingerprint density at radius 2 is 1.51 bits per heavy atom. The predicted molar refractivity (Wildman–Crippen MR) is 180 cm³/mol. The molecule has 3 aromatic carbocycles. The summed E-state index contributed by atoms with van der Waals surface area (Å²) in [6.07, 6.45) is 5.94. The van der Waals surface area contributed by atoms with E-state index in [0.717, 1.165) is 114 Å². The molecule has 0 bridgehead atoms. The molecule has 0 spiro atoms. The number of aryl methyl sites for hydroxylation is 1. The van der Waals surface area contributed by atoms with Gasteiger partial charge >= 0.3 is 0 Å². The Labute approximate surface area is 273 Å². The minimum atomic E-state index is -0.315. The van der Waals surface area contributed by atoms with Gasteiger partial charge in [-0.2, -0.15) is 0 Å². The van der Waals surface area contributed by atoms with E-state index in [0.29, 0.717) is 6.61 Å². The fourth-order valence-corrected chi connectivity index (χ4v) is 7.43. The van der Waals surface area contributed by atoms with Crippen molar-refractivity contribution in [3.63, 3.8) is 0 Å². The molecule has 8 rings (SSSR count). The van der Waals surface area contributed by atoms with Crippen molar-refractivity contribution in [3.8, 4) is 11.8 Å². The monoisotopic (exact) mass is 626 g/mol. The van der Waals surface area contributed by atoms with Crippen LogP contribution >= 0.6 is 0 Å². The zero-order valence-electron chi connectivity index (χ0n) is 26.6. The van der Waals surface area contributed by atoms with E-state index in [2.05, 4.69) is 28.7 Å². The van der Waals surface area contributed by atoms with E-state index in [9.17, 15) is 9.59 Å². The SMILES string of the molecule is CCc1ccccc1C(=O)N1CCC[C@H]1c1nc2ccc(C#Cc3ccc4[nH]c([C@@H]5CCCN5C(=O)[C@H]5CCCO5)nc4c3)cc2[nH]1. The van der Waals surface area contributed by atoms with E-state index in [-0.39, 0.29) is 30.0 Å². The maximum atomic E-state index is 13.6. The summed E-state index contributed by atoms with van der Waals surface area (Å²) >= 11 is 0. The van der Waals surface area contributed by atoms with Crippen LogP contribution in [0.2, 0.25) is 0 Å². The molecular weight excluding hydrogens is 588 g/mol. The van der Waals surface area contributed by atoms with E-state index in [1.807, 2.05) is 70.5 Å². The maximum Gasteiger partial charge on any atom is 0.254 e. The van der Waals surface area contributed by atoms with Crippen molar-refractivity contribution in [2.24, 2.45) is 0 Å². The summed E-state index contributed by atoms with van der Waals surface area (Å²) in [4.78, 5) is 47.3. The lowest BCUT2D eigenvalue weighted by Crippen LogP contribution is -2.38. The number of ether oxygens (including phenoxy) is 1. The number of hydrogen-bond acceptors (Lipinski definition) is 5. The maximum absolute atomic E-state index is 13.6. The first-order valence-corrected chi connectivity index (χ1v) is 16.9. The molecule has 0 unspecified atom stereocenters. The van der Waals surface area contributed by atoms with Gasteiger partial charge in [-0.1, -0.05) is 37.0 Å². The minimum absolute atomic E-state index is 0.0544. The lowest BCUT2D eigenvalue weighted by molar-refractivity contribution is -0.142. The van der Waals surface area contributed by atoms with Crippen molar-refractivity contribution < 1.29 is 14.3 Å². The Morgan fingerprint density at radius 1 is 0.809 bits per heavy atom. The fraction of sp³-hybridized carbons (Fsp3) is 0.368. The van der Waals surface area contributed by atoms with E-state index in [1.165, 1.54) is 0 Å². The van der Waals surface area contributed by atoms with Crippen molar-refractivity contribution in [1.82, 2.24) is 29.7 Å². The van der Waals surface area contributed by atoms with Gasteiger partial charge in [-0.05, 0) is 93.0 Å². The Morgan fingerprint density at radius 3 is 2.30 bits per heavy atom. The van der Waals surface area contributed by atoms with Crippen LogP contribution in [0.4, 0.5) is 0 Å². The first-order valence-electron chi connectivity index (χ1n) is 16.9. The van der Waals surface area contributed by atoms with Crippen LogP contribution in [0.3, 0.4) is 0 Å². The number of fused-ring (bicyclic) bond motifs is 2. The summed E-state index contributed by atoms with van der Waals surface area (Å²) in [5, 5.41) is 0. The van der Waals surface area contributed by atoms with Gasteiger partial charge in [0.25, 0.3) is 11.8 Å². The van der Waals surface area contributed by atoms with Gasteiger partial charge in [0.15, 0.2) is 0 Å². The normalized spacial score (nSPS) is 21.1. The highest BCUT2D eigenvalue weighted by atomic mass is 16.5. The summed E-state index contributed by atoms with van der Waals surface area (Å²) in [7, 11) is 0. The van der Waals surface area contributed by atoms with Gasteiger partial charge in [0, 0.05) is 36.4 Å². The second-order valence-electron chi connectivity index (χ2n) is 12.8. The number of likely N-dealkylation sites (tertiary alicyclic amines) is 2. The molecule has 3 aliphatic rings. The van der Waals surface area contributed by atoms with Crippen LogP contribution in [0, 0.1) is 11.8 Å². The molecule has 0 radical (unpaired) electrons. The number of carbonyl (C=O) groups excluding carboxylic acids is 2. The molecule has 9 nitrogen and oxygen atoms in total.